The normalized spacial score (nSPS) is 17.8. The second-order valence-electron chi connectivity index (χ2n) is 6.54. The van der Waals surface area contributed by atoms with E-state index in [0.717, 1.165) is 25.0 Å². The van der Waals surface area contributed by atoms with Gasteiger partial charge >= 0.3 is 5.69 Å². The lowest BCUT2D eigenvalue weighted by atomic mass is 10.1. The Bertz CT molecular complexity index is 976. The van der Waals surface area contributed by atoms with Gasteiger partial charge in [0.1, 0.15) is 0 Å². The zero-order chi connectivity index (χ0) is 19.2. The van der Waals surface area contributed by atoms with Gasteiger partial charge in [-0.15, -0.1) is 0 Å². The van der Waals surface area contributed by atoms with Crippen LogP contribution in [0.2, 0.25) is 0 Å². The first-order valence-corrected chi connectivity index (χ1v) is 8.93. The molecule has 8 heteroatoms. The molecule has 1 saturated heterocycles. The van der Waals surface area contributed by atoms with E-state index in [1.807, 2.05) is 12.1 Å². The van der Waals surface area contributed by atoms with Crippen LogP contribution in [0.25, 0.3) is 5.65 Å². The minimum atomic E-state index is -0.256. The van der Waals surface area contributed by atoms with E-state index >= 15 is 0 Å². The molecular formula is C19H23N7O. The molecule has 0 bridgehead atoms. The van der Waals surface area contributed by atoms with Crippen LogP contribution in [0, 0.1) is 11.3 Å². The lowest BCUT2D eigenvalue weighted by Gasteiger charge is -2.32. The number of nitrogens with zero attached hydrogens (tertiary/aromatic N) is 6. The third kappa shape index (κ3) is 4.33. The van der Waals surface area contributed by atoms with Crippen molar-refractivity contribution in [3.63, 3.8) is 0 Å². The van der Waals surface area contributed by atoms with Crippen LogP contribution >= 0.6 is 0 Å². The monoisotopic (exact) mass is 365 g/mol. The Balaban J connectivity index is 1.91. The van der Waals surface area contributed by atoms with E-state index in [9.17, 15) is 4.79 Å². The Kier molecular flexibility index (Phi) is 5.84. The van der Waals surface area contributed by atoms with Gasteiger partial charge in [-0.2, -0.15) is 19.9 Å². The maximum atomic E-state index is 12.9. The van der Waals surface area contributed by atoms with E-state index in [-0.39, 0.29) is 11.7 Å². The molecule has 8 nitrogen and oxygen atoms in total. The summed E-state index contributed by atoms with van der Waals surface area (Å²) < 4.78 is 2.88. The minimum absolute atomic E-state index is 0.0682. The van der Waals surface area contributed by atoms with Gasteiger partial charge in [0.25, 0.3) is 0 Å². The summed E-state index contributed by atoms with van der Waals surface area (Å²) in [6.07, 6.45) is 11.0. The van der Waals surface area contributed by atoms with E-state index < -0.39 is 0 Å². The van der Waals surface area contributed by atoms with E-state index in [1.165, 1.54) is 4.52 Å². The highest BCUT2D eigenvalue weighted by atomic mass is 16.2. The van der Waals surface area contributed by atoms with Crippen molar-refractivity contribution < 1.29 is 0 Å². The SMILES string of the molecule is C=C(/C=C\C=C/CC#N)Cn1c(N2CCC[C@@H](N)C2)nc2ccnn2c1=O. The number of hydrogen-bond acceptors (Lipinski definition) is 6. The number of rotatable bonds is 6. The maximum absolute atomic E-state index is 12.9. The van der Waals surface area contributed by atoms with Gasteiger partial charge < -0.3 is 10.6 Å². The zero-order valence-electron chi connectivity index (χ0n) is 15.2. The number of nitriles is 1. The summed E-state index contributed by atoms with van der Waals surface area (Å²) in [6.45, 7) is 5.80. The highest BCUT2D eigenvalue weighted by Gasteiger charge is 2.22. The van der Waals surface area contributed by atoms with Gasteiger partial charge in [-0.1, -0.05) is 30.9 Å². The second kappa shape index (κ2) is 8.47. The van der Waals surface area contributed by atoms with E-state index in [2.05, 4.69) is 21.6 Å². The average Bonchev–Trinajstić information content (AvgIpc) is 3.12. The molecule has 0 spiro atoms. The Morgan fingerprint density at radius 3 is 3.11 bits per heavy atom. The van der Waals surface area contributed by atoms with E-state index in [4.69, 9.17) is 11.0 Å². The van der Waals surface area contributed by atoms with Crippen molar-refractivity contribution in [2.45, 2.75) is 31.8 Å². The molecule has 0 unspecified atom stereocenters. The number of allylic oxidation sites excluding steroid dienone is 5. The van der Waals surface area contributed by atoms with Gasteiger partial charge in [0.15, 0.2) is 5.65 Å². The van der Waals surface area contributed by atoms with E-state index in [1.54, 1.807) is 35.1 Å². The van der Waals surface area contributed by atoms with Crippen molar-refractivity contribution >= 4 is 11.6 Å². The molecule has 27 heavy (non-hydrogen) atoms. The van der Waals surface area contributed by atoms with Gasteiger partial charge in [-0.05, 0) is 18.4 Å². The Morgan fingerprint density at radius 1 is 1.48 bits per heavy atom. The highest BCUT2D eigenvalue weighted by molar-refractivity contribution is 5.44. The second-order valence-corrected chi connectivity index (χ2v) is 6.54. The molecule has 0 amide bonds. The molecule has 2 N–H and O–H groups in total. The van der Waals surface area contributed by atoms with Crippen LogP contribution < -0.4 is 16.3 Å². The highest BCUT2D eigenvalue weighted by Crippen LogP contribution is 2.18. The summed E-state index contributed by atoms with van der Waals surface area (Å²) in [6, 6.07) is 3.83. The van der Waals surface area contributed by atoms with Crippen molar-refractivity contribution in [1.82, 2.24) is 19.2 Å². The quantitative estimate of drug-likeness (QED) is 0.776. The maximum Gasteiger partial charge on any atom is 0.353 e. The van der Waals surface area contributed by atoms with Crippen LogP contribution in [0.3, 0.4) is 0 Å². The summed E-state index contributed by atoms with van der Waals surface area (Å²) in [7, 11) is 0. The summed E-state index contributed by atoms with van der Waals surface area (Å²) in [5, 5.41) is 12.6. The molecule has 0 aromatic carbocycles. The average molecular weight is 365 g/mol. The molecule has 1 fully saturated rings. The van der Waals surface area contributed by atoms with Crippen molar-refractivity contribution in [3.8, 4) is 6.07 Å². The third-order valence-corrected chi connectivity index (χ3v) is 4.38. The standard InChI is InChI=1S/C19H23N7O/c1-15(7-4-2-3-5-10-20)13-25-18(24-12-6-8-16(21)14-24)23-17-9-11-22-26(17)19(25)27/h2-4,7,9,11,16H,1,5-6,8,12-14,21H2/b3-2-,7-4-/t16-/m1/s1. The van der Waals surface area contributed by atoms with Crippen LogP contribution in [0.4, 0.5) is 5.95 Å². The van der Waals surface area contributed by atoms with Gasteiger partial charge in [-0.25, -0.2) is 4.79 Å². The number of nitrogens with two attached hydrogens (primary N) is 1. The van der Waals surface area contributed by atoms with Crippen LogP contribution in [-0.4, -0.2) is 38.3 Å². The lowest BCUT2D eigenvalue weighted by molar-refractivity contribution is 0.488. The first kappa shape index (κ1) is 18.6. The number of aromatic nitrogens is 4. The lowest BCUT2D eigenvalue weighted by Crippen LogP contribution is -2.46. The topological polar surface area (TPSA) is 105 Å². The molecule has 1 atom stereocenters. The number of fused-ring (bicyclic) bond motifs is 1. The van der Waals surface area contributed by atoms with Crippen LogP contribution in [-0.2, 0) is 6.54 Å². The molecule has 1 aliphatic rings. The van der Waals surface area contributed by atoms with Crippen molar-refractivity contribution in [3.05, 3.63) is 59.2 Å². The minimum Gasteiger partial charge on any atom is -0.341 e. The molecule has 0 aliphatic carbocycles. The van der Waals surface area contributed by atoms with Crippen molar-refractivity contribution in [2.75, 3.05) is 18.0 Å². The molecule has 3 rings (SSSR count). The van der Waals surface area contributed by atoms with Gasteiger partial charge in [0.2, 0.25) is 5.95 Å². The predicted molar refractivity (Wildman–Crippen MR) is 104 cm³/mol. The summed E-state index contributed by atoms with van der Waals surface area (Å²) in [5.74, 6) is 0.595. The predicted octanol–water partition coefficient (Wildman–Crippen LogP) is 1.40. The largest absolute Gasteiger partial charge is 0.353 e. The Morgan fingerprint density at radius 2 is 2.33 bits per heavy atom. The molecule has 140 valence electrons. The smallest absolute Gasteiger partial charge is 0.341 e. The summed E-state index contributed by atoms with van der Waals surface area (Å²) in [4.78, 5) is 19.6. The van der Waals surface area contributed by atoms with E-state index in [0.29, 0.717) is 31.1 Å². The summed E-state index contributed by atoms with van der Waals surface area (Å²) in [5.41, 5.74) is 7.13. The molecule has 2 aromatic heterocycles. The fraction of sp³-hybridized carbons (Fsp3) is 0.368. The number of piperidine rings is 1. The van der Waals surface area contributed by atoms with Crippen LogP contribution in [0.1, 0.15) is 19.3 Å². The van der Waals surface area contributed by atoms with Gasteiger partial charge in [0.05, 0.1) is 25.2 Å². The number of anilines is 1. The fourth-order valence-corrected chi connectivity index (χ4v) is 3.11. The van der Waals surface area contributed by atoms with Crippen molar-refractivity contribution in [2.24, 2.45) is 5.73 Å². The molecule has 0 saturated carbocycles. The van der Waals surface area contributed by atoms with Gasteiger partial charge in [0, 0.05) is 25.2 Å². The first-order chi connectivity index (χ1) is 13.1. The van der Waals surface area contributed by atoms with Crippen molar-refractivity contribution in [1.29, 1.82) is 5.26 Å². The summed E-state index contributed by atoms with van der Waals surface area (Å²) >= 11 is 0. The fourth-order valence-electron chi connectivity index (χ4n) is 3.11. The Hall–Kier alpha value is -3.18. The molecule has 1 aliphatic heterocycles. The Labute approximate surface area is 157 Å². The zero-order valence-corrected chi connectivity index (χ0v) is 15.2. The molecule has 3 heterocycles. The van der Waals surface area contributed by atoms with Crippen LogP contribution in [0.15, 0.2) is 53.5 Å². The third-order valence-electron chi connectivity index (χ3n) is 4.38. The molecular weight excluding hydrogens is 342 g/mol. The first-order valence-electron chi connectivity index (χ1n) is 8.93. The van der Waals surface area contributed by atoms with Gasteiger partial charge in [-0.3, -0.25) is 4.57 Å². The number of hydrogen-bond donors (Lipinski definition) is 1. The molecule has 2 aromatic rings. The van der Waals surface area contributed by atoms with Crippen LogP contribution in [0.5, 0.6) is 0 Å². The molecule has 0 radical (unpaired) electrons.